The molecule has 0 saturated heterocycles. The van der Waals surface area contributed by atoms with E-state index >= 15 is 0 Å². The van der Waals surface area contributed by atoms with Crippen LogP contribution in [0.15, 0.2) is 8.96 Å². The smallest absolute Gasteiger partial charge is 0.348 e. The fraction of sp³-hybridized carbons (Fsp3) is 0.500. The van der Waals surface area contributed by atoms with Crippen molar-refractivity contribution in [2.45, 2.75) is 6.29 Å². The molecule has 0 aliphatic carbocycles. The van der Waals surface area contributed by atoms with Crippen LogP contribution in [0.2, 0.25) is 0 Å². The third kappa shape index (κ3) is 2.05. The molecule has 1 aliphatic heterocycles. The quantitative estimate of drug-likeness (QED) is 0.747. The van der Waals surface area contributed by atoms with Crippen LogP contribution in [-0.4, -0.2) is 25.5 Å². The van der Waals surface area contributed by atoms with Crippen LogP contribution in [0.5, 0.6) is 0 Å². The van der Waals surface area contributed by atoms with Gasteiger partial charge in [-0.25, -0.2) is 9.18 Å². The Kier molecular flexibility index (Phi) is 3.67. The van der Waals surface area contributed by atoms with Gasteiger partial charge in [-0.05, 0) is 31.9 Å². The molecule has 0 radical (unpaired) electrons. The van der Waals surface area contributed by atoms with Crippen LogP contribution in [0.3, 0.4) is 0 Å². The summed E-state index contributed by atoms with van der Waals surface area (Å²) < 4.78 is 21.9. The first-order chi connectivity index (χ1) is 5.66. The molecule has 6 heteroatoms. The maximum atomic E-state index is 11.7. The van der Waals surface area contributed by atoms with Crippen LogP contribution in [0, 0.1) is 0 Å². The lowest BCUT2D eigenvalue weighted by Crippen LogP contribution is -2.15. The Morgan fingerprint density at radius 3 is 2.67 bits per heavy atom. The predicted molar refractivity (Wildman–Crippen MR) is 46.7 cm³/mol. The number of carbonyl (C=O) groups excluding carboxylic acids is 1. The lowest BCUT2D eigenvalue weighted by molar-refractivity contribution is -0.158. The maximum absolute atomic E-state index is 11.7. The van der Waals surface area contributed by atoms with Gasteiger partial charge in [-0.15, -0.1) is 0 Å². The summed E-state index contributed by atoms with van der Waals surface area (Å²) in [4.78, 5) is 10.8. The zero-order chi connectivity index (χ0) is 9.14. The number of alkyl halides is 1. The Hall–Kier alpha value is 0.0600. The minimum atomic E-state index is -0.803. The first kappa shape index (κ1) is 10.1. The number of hydrogen-bond acceptors (Lipinski definition) is 3. The summed E-state index contributed by atoms with van der Waals surface area (Å²) in [6, 6.07) is 0. The molecule has 0 spiro atoms. The summed E-state index contributed by atoms with van der Waals surface area (Å²) in [6.07, 6.45) is -0.803. The molecule has 1 unspecified atom stereocenters. The normalized spacial score (nSPS) is 23.2. The second kappa shape index (κ2) is 4.34. The lowest BCUT2D eigenvalue weighted by atomic mass is 10.5. The van der Waals surface area contributed by atoms with Gasteiger partial charge < -0.3 is 9.47 Å². The van der Waals surface area contributed by atoms with Gasteiger partial charge in [0.05, 0.1) is 11.1 Å². The van der Waals surface area contributed by atoms with Crippen molar-refractivity contribution >= 4 is 37.8 Å². The van der Waals surface area contributed by atoms with Crippen LogP contribution < -0.4 is 0 Å². The first-order valence-electron chi connectivity index (χ1n) is 3.10. The highest BCUT2D eigenvalue weighted by Gasteiger charge is 2.31. The van der Waals surface area contributed by atoms with Crippen LogP contribution in [0.25, 0.3) is 0 Å². The Bertz CT molecular complexity index is 229. The van der Waals surface area contributed by atoms with Crippen molar-refractivity contribution in [1.82, 2.24) is 0 Å². The van der Waals surface area contributed by atoms with Gasteiger partial charge in [0.1, 0.15) is 11.2 Å². The van der Waals surface area contributed by atoms with Crippen molar-refractivity contribution in [3.8, 4) is 0 Å². The molecule has 1 atom stereocenters. The van der Waals surface area contributed by atoms with Gasteiger partial charge in [-0.1, -0.05) is 0 Å². The van der Waals surface area contributed by atoms with Crippen LogP contribution in [0.1, 0.15) is 0 Å². The Morgan fingerprint density at radius 1 is 1.58 bits per heavy atom. The second-order valence-electron chi connectivity index (χ2n) is 1.96. The number of ether oxygens (including phenoxy) is 2. The van der Waals surface area contributed by atoms with Gasteiger partial charge in [0.25, 0.3) is 0 Å². The van der Waals surface area contributed by atoms with Crippen LogP contribution >= 0.6 is 31.9 Å². The molecule has 12 heavy (non-hydrogen) atoms. The maximum Gasteiger partial charge on any atom is 0.348 e. The molecule has 0 amide bonds. The summed E-state index contributed by atoms with van der Waals surface area (Å²) in [7, 11) is 0. The fourth-order valence-electron chi connectivity index (χ4n) is 0.660. The van der Waals surface area contributed by atoms with E-state index in [0.717, 1.165) is 0 Å². The summed E-state index contributed by atoms with van der Waals surface area (Å²) in [5, 5.41) is 0. The van der Waals surface area contributed by atoms with E-state index in [4.69, 9.17) is 9.47 Å². The number of carbonyl (C=O) groups is 1. The monoisotopic (exact) mass is 302 g/mol. The molecule has 0 saturated carbocycles. The van der Waals surface area contributed by atoms with E-state index in [1.165, 1.54) is 0 Å². The van der Waals surface area contributed by atoms with Crippen molar-refractivity contribution in [3.05, 3.63) is 8.96 Å². The molecule has 0 N–H and O–H groups in total. The van der Waals surface area contributed by atoms with Gasteiger partial charge in [0, 0.05) is 0 Å². The van der Waals surface area contributed by atoms with Crippen molar-refractivity contribution in [2.75, 3.05) is 13.3 Å². The average molecular weight is 304 g/mol. The number of esters is 1. The second-order valence-corrected chi connectivity index (χ2v) is 3.61. The molecule has 1 aliphatic rings. The summed E-state index contributed by atoms with van der Waals surface area (Å²) in [5.74, 6) is -0.509. The van der Waals surface area contributed by atoms with Crippen LogP contribution in [0.4, 0.5) is 4.39 Å². The van der Waals surface area contributed by atoms with Gasteiger partial charge in [-0.2, -0.15) is 0 Å². The van der Waals surface area contributed by atoms with Crippen molar-refractivity contribution in [3.63, 3.8) is 0 Å². The van der Waals surface area contributed by atoms with E-state index in [9.17, 15) is 9.18 Å². The number of rotatable bonds is 3. The summed E-state index contributed by atoms with van der Waals surface area (Å²) in [5.41, 5.74) is 0. The summed E-state index contributed by atoms with van der Waals surface area (Å²) >= 11 is 6.07. The van der Waals surface area contributed by atoms with Gasteiger partial charge in [0.15, 0.2) is 0 Å². The van der Waals surface area contributed by atoms with E-state index < -0.39 is 18.9 Å². The molecule has 0 bridgehead atoms. The lowest BCUT2D eigenvalue weighted by Gasteiger charge is -2.09. The van der Waals surface area contributed by atoms with Crippen molar-refractivity contribution in [1.29, 1.82) is 0 Å². The number of halogens is 3. The van der Waals surface area contributed by atoms with E-state index in [-0.39, 0.29) is 11.1 Å². The Labute approximate surface area is 85.2 Å². The molecule has 3 nitrogen and oxygen atoms in total. The Balaban J connectivity index is 2.55. The summed E-state index contributed by atoms with van der Waals surface area (Å²) in [6.45, 7) is -0.695. The van der Waals surface area contributed by atoms with E-state index in [0.29, 0.717) is 4.48 Å². The molecule has 0 aromatic rings. The Morgan fingerprint density at radius 2 is 2.25 bits per heavy atom. The highest BCUT2D eigenvalue weighted by molar-refractivity contribution is 9.14. The standard InChI is InChI=1S/C6H5Br2FO3/c7-3-4(8)6(11-2-1-9)12-5(3)10/h6H,1-2H2. The van der Waals surface area contributed by atoms with Gasteiger partial charge in [-0.3, -0.25) is 0 Å². The number of cyclic esters (lactones) is 1. The molecule has 0 aromatic carbocycles. The molecule has 1 heterocycles. The SMILES string of the molecule is O=C1OC(OCCF)C(Br)=C1Br. The zero-order valence-corrected chi connectivity index (χ0v) is 9.02. The zero-order valence-electron chi connectivity index (χ0n) is 5.85. The minimum Gasteiger partial charge on any atom is -0.427 e. The third-order valence-electron chi connectivity index (χ3n) is 1.16. The molecular formula is C6H5Br2FO3. The largest absolute Gasteiger partial charge is 0.427 e. The first-order valence-corrected chi connectivity index (χ1v) is 4.69. The highest BCUT2D eigenvalue weighted by Crippen LogP contribution is 2.31. The number of hydrogen-bond donors (Lipinski definition) is 0. The molecule has 1 rings (SSSR count). The van der Waals surface area contributed by atoms with E-state index in [1.54, 1.807) is 0 Å². The minimum absolute atomic E-state index is 0.0900. The molecule has 0 fully saturated rings. The van der Waals surface area contributed by atoms with E-state index in [2.05, 4.69) is 31.9 Å². The molecule has 68 valence electrons. The van der Waals surface area contributed by atoms with Gasteiger partial charge in [0.2, 0.25) is 6.29 Å². The molecule has 0 aromatic heterocycles. The van der Waals surface area contributed by atoms with E-state index in [1.807, 2.05) is 0 Å². The fourth-order valence-corrected chi connectivity index (χ4v) is 1.33. The molecular weight excluding hydrogens is 299 g/mol. The third-order valence-corrected chi connectivity index (χ3v) is 3.21. The predicted octanol–water partition coefficient (Wildman–Crippen LogP) is 1.86. The van der Waals surface area contributed by atoms with Crippen molar-refractivity contribution < 1.29 is 18.7 Å². The topological polar surface area (TPSA) is 35.5 Å². The van der Waals surface area contributed by atoms with Gasteiger partial charge >= 0.3 is 5.97 Å². The van der Waals surface area contributed by atoms with Crippen molar-refractivity contribution in [2.24, 2.45) is 0 Å². The van der Waals surface area contributed by atoms with Crippen LogP contribution in [-0.2, 0) is 14.3 Å². The average Bonchev–Trinajstić information content (AvgIpc) is 2.30. The highest BCUT2D eigenvalue weighted by atomic mass is 79.9.